The van der Waals surface area contributed by atoms with Gasteiger partial charge in [-0.05, 0) is 0 Å². The third-order valence-electron chi connectivity index (χ3n) is 2.53. The van der Waals surface area contributed by atoms with Crippen LogP contribution in [0.4, 0.5) is 17.3 Å². The molecule has 0 bridgehead atoms. The second-order valence-corrected chi connectivity index (χ2v) is 4.22. The molecule has 19 heavy (non-hydrogen) atoms. The summed E-state index contributed by atoms with van der Waals surface area (Å²) in [6, 6.07) is 2.68. The Bertz CT molecular complexity index is 489. The topological polar surface area (TPSA) is 91.6 Å². The van der Waals surface area contributed by atoms with Crippen LogP contribution >= 0.6 is 0 Å². The Kier molecular flexibility index (Phi) is 4.62. The summed E-state index contributed by atoms with van der Waals surface area (Å²) in [5.41, 5.74) is -0.0708. The van der Waals surface area contributed by atoms with Crippen LogP contribution in [0.25, 0.3) is 0 Å². The van der Waals surface area contributed by atoms with Crippen LogP contribution in [-0.2, 0) is 4.79 Å². The van der Waals surface area contributed by atoms with E-state index in [1.54, 1.807) is 33.1 Å². The van der Waals surface area contributed by atoms with Crippen LogP contribution in [0.3, 0.4) is 0 Å². The first kappa shape index (κ1) is 14.7. The highest BCUT2D eigenvalue weighted by Gasteiger charge is 2.15. The summed E-state index contributed by atoms with van der Waals surface area (Å²) in [6.07, 6.45) is 0. The lowest BCUT2D eigenvalue weighted by atomic mass is 10.3. The van der Waals surface area contributed by atoms with Gasteiger partial charge in [0.1, 0.15) is 11.6 Å². The van der Waals surface area contributed by atoms with E-state index in [0.717, 1.165) is 0 Å². The molecule has 1 heterocycles. The maximum Gasteiger partial charge on any atom is 0.276 e. The number of nitrogens with zero attached hydrogens (tertiary/aromatic N) is 4. The lowest BCUT2D eigenvalue weighted by Gasteiger charge is -2.20. The first-order valence-corrected chi connectivity index (χ1v) is 5.60. The number of nitro groups is 1. The molecule has 0 aliphatic heterocycles. The predicted octanol–water partition coefficient (Wildman–Crippen LogP) is 0.556. The third-order valence-corrected chi connectivity index (χ3v) is 2.53. The molecular formula is C11H17N5O3. The van der Waals surface area contributed by atoms with E-state index in [1.807, 2.05) is 0 Å². The molecule has 8 heteroatoms. The molecule has 0 aliphatic carbocycles. The number of hydrogen-bond donors (Lipinski definition) is 1. The number of rotatable bonds is 5. The van der Waals surface area contributed by atoms with Gasteiger partial charge in [0.05, 0.1) is 23.6 Å². The molecule has 0 atom stereocenters. The average molecular weight is 267 g/mol. The van der Waals surface area contributed by atoms with E-state index in [-0.39, 0.29) is 18.1 Å². The molecule has 0 saturated heterocycles. The maximum absolute atomic E-state index is 11.6. The summed E-state index contributed by atoms with van der Waals surface area (Å²) < 4.78 is 0. The first-order chi connectivity index (χ1) is 8.85. The number of likely N-dealkylation sites (N-methyl/N-ethyl adjacent to an activating group) is 2. The van der Waals surface area contributed by atoms with Crippen LogP contribution in [0, 0.1) is 10.1 Å². The van der Waals surface area contributed by atoms with Gasteiger partial charge in [0.25, 0.3) is 5.69 Å². The SMILES string of the molecule is CNc1cc([N+](=O)[O-])cc(N(C)CC(=O)N(C)C)n1. The van der Waals surface area contributed by atoms with Crippen molar-refractivity contribution in [3.8, 4) is 0 Å². The number of aromatic nitrogens is 1. The summed E-state index contributed by atoms with van der Waals surface area (Å²) in [4.78, 5) is 29.1. The fourth-order valence-electron chi connectivity index (χ4n) is 1.36. The Labute approximate surface area is 111 Å². The second kappa shape index (κ2) is 5.98. The van der Waals surface area contributed by atoms with E-state index in [4.69, 9.17) is 0 Å². The molecule has 0 spiro atoms. The van der Waals surface area contributed by atoms with Crippen molar-refractivity contribution in [2.24, 2.45) is 0 Å². The Morgan fingerprint density at radius 1 is 1.42 bits per heavy atom. The fraction of sp³-hybridized carbons (Fsp3) is 0.455. The summed E-state index contributed by atoms with van der Waals surface area (Å²) in [7, 11) is 6.58. The first-order valence-electron chi connectivity index (χ1n) is 5.60. The van der Waals surface area contributed by atoms with Crippen molar-refractivity contribution in [2.75, 3.05) is 45.0 Å². The van der Waals surface area contributed by atoms with Crippen LogP contribution < -0.4 is 10.2 Å². The van der Waals surface area contributed by atoms with E-state index >= 15 is 0 Å². The van der Waals surface area contributed by atoms with Gasteiger partial charge < -0.3 is 15.1 Å². The molecule has 0 unspecified atom stereocenters. The molecule has 1 aromatic heterocycles. The lowest BCUT2D eigenvalue weighted by molar-refractivity contribution is -0.384. The molecule has 1 N–H and O–H groups in total. The lowest BCUT2D eigenvalue weighted by Crippen LogP contribution is -2.34. The molecule has 0 aliphatic rings. The highest BCUT2D eigenvalue weighted by molar-refractivity contribution is 5.80. The van der Waals surface area contributed by atoms with Crippen molar-refractivity contribution < 1.29 is 9.72 Å². The quantitative estimate of drug-likeness (QED) is 0.619. The number of amides is 1. The molecule has 0 radical (unpaired) electrons. The molecule has 1 aromatic rings. The van der Waals surface area contributed by atoms with Gasteiger partial charge in [-0.3, -0.25) is 14.9 Å². The van der Waals surface area contributed by atoms with Gasteiger partial charge in [0, 0.05) is 28.2 Å². The molecule has 104 valence electrons. The van der Waals surface area contributed by atoms with Crippen LogP contribution in [0.5, 0.6) is 0 Å². The molecule has 8 nitrogen and oxygen atoms in total. The van der Waals surface area contributed by atoms with E-state index in [9.17, 15) is 14.9 Å². The van der Waals surface area contributed by atoms with Gasteiger partial charge in [-0.15, -0.1) is 0 Å². The van der Waals surface area contributed by atoms with Crippen LogP contribution in [0.15, 0.2) is 12.1 Å². The Hall–Kier alpha value is -2.38. The van der Waals surface area contributed by atoms with Crippen molar-refractivity contribution >= 4 is 23.2 Å². The van der Waals surface area contributed by atoms with E-state index in [0.29, 0.717) is 11.6 Å². The van der Waals surface area contributed by atoms with Gasteiger partial charge in [-0.1, -0.05) is 0 Å². The van der Waals surface area contributed by atoms with Crippen molar-refractivity contribution in [3.05, 3.63) is 22.2 Å². The van der Waals surface area contributed by atoms with E-state index < -0.39 is 4.92 Å². The van der Waals surface area contributed by atoms with Crippen LogP contribution in [0.1, 0.15) is 0 Å². The van der Waals surface area contributed by atoms with E-state index in [2.05, 4.69) is 10.3 Å². The zero-order valence-electron chi connectivity index (χ0n) is 11.4. The summed E-state index contributed by atoms with van der Waals surface area (Å²) in [6.45, 7) is 0.102. The molecule has 0 fully saturated rings. The smallest absolute Gasteiger partial charge is 0.276 e. The Morgan fingerprint density at radius 3 is 2.53 bits per heavy atom. The predicted molar refractivity (Wildman–Crippen MR) is 72.4 cm³/mol. The minimum atomic E-state index is -0.492. The molecule has 1 rings (SSSR count). The molecule has 0 saturated carbocycles. The highest BCUT2D eigenvalue weighted by atomic mass is 16.6. The van der Waals surface area contributed by atoms with Gasteiger partial charge in [-0.25, -0.2) is 4.98 Å². The van der Waals surface area contributed by atoms with Crippen molar-refractivity contribution in [1.82, 2.24) is 9.88 Å². The van der Waals surface area contributed by atoms with Crippen LogP contribution in [-0.4, -0.2) is 55.4 Å². The maximum atomic E-state index is 11.6. The number of carbonyl (C=O) groups is 1. The molecule has 1 amide bonds. The summed E-state index contributed by atoms with van der Waals surface area (Å²) in [5, 5.41) is 13.6. The monoisotopic (exact) mass is 267 g/mol. The fourth-order valence-corrected chi connectivity index (χ4v) is 1.36. The number of hydrogen-bond acceptors (Lipinski definition) is 6. The van der Waals surface area contributed by atoms with Gasteiger partial charge in [-0.2, -0.15) is 0 Å². The standard InChI is InChI=1S/C11H17N5O3/c1-12-9-5-8(16(18)19)6-10(13-9)15(4)7-11(17)14(2)3/h5-6H,7H2,1-4H3,(H,12,13). The number of nitrogens with one attached hydrogen (secondary N) is 1. The highest BCUT2D eigenvalue weighted by Crippen LogP contribution is 2.22. The zero-order valence-corrected chi connectivity index (χ0v) is 11.4. The van der Waals surface area contributed by atoms with Crippen molar-refractivity contribution in [1.29, 1.82) is 0 Å². The largest absolute Gasteiger partial charge is 0.373 e. The second-order valence-electron chi connectivity index (χ2n) is 4.22. The molecule has 0 aromatic carbocycles. The third kappa shape index (κ3) is 3.80. The van der Waals surface area contributed by atoms with Crippen molar-refractivity contribution in [3.63, 3.8) is 0 Å². The Balaban J connectivity index is 3.01. The number of pyridine rings is 1. The van der Waals surface area contributed by atoms with Crippen LogP contribution in [0.2, 0.25) is 0 Å². The van der Waals surface area contributed by atoms with E-state index in [1.165, 1.54) is 17.0 Å². The van der Waals surface area contributed by atoms with Gasteiger partial charge >= 0.3 is 0 Å². The number of anilines is 2. The minimum Gasteiger partial charge on any atom is -0.373 e. The normalized spacial score (nSPS) is 9.89. The zero-order chi connectivity index (χ0) is 14.6. The van der Waals surface area contributed by atoms with Gasteiger partial charge in [0.15, 0.2) is 0 Å². The summed E-state index contributed by atoms with van der Waals surface area (Å²) in [5.74, 6) is 0.643. The average Bonchev–Trinajstić information content (AvgIpc) is 2.37. The number of carbonyl (C=O) groups excluding carboxylic acids is 1. The van der Waals surface area contributed by atoms with Gasteiger partial charge in [0.2, 0.25) is 5.91 Å². The minimum absolute atomic E-state index is 0.0708. The summed E-state index contributed by atoms with van der Waals surface area (Å²) >= 11 is 0. The van der Waals surface area contributed by atoms with Crippen molar-refractivity contribution in [2.45, 2.75) is 0 Å². The molecular weight excluding hydrogens is 250 g/mol. The Morgan fingerprint density at radius 2 is 2.05 bits per heavy atom.